The minimum atomic E-state index is 0.0730. The van der Waals surface area contributed by atoms with Gasteiger partial charge in [0.15, 0.2) is 0 Å². The summed E-state index contributed by atoms with van der Waals surface area (Å²) < 4.78 is 0. The summed E-state index contributed by atoms with van der Waals surface area (Å²) >= 11 is 0. The maximum Gasteiger partial charge on any atom is 0.220 e. The van der Waals surface area contributed by atoms with E-state index in [-0.39, 0.29) is 5.91 Å². The summed E-state index contributed by atoms with van der Waals surface area (Å²) in [5.74, 6) is 0.0730. The predicted octanol–water partition coefficient (Wildman–Crippen LogP) is 2.01. The number of hydrogen-bond acceptors (Lipinski definition) is 1. The van der Waals surface area contributed by atoms with Crippen LogP contribution in [0.15, 0.2) is 30.8 Å². The monoisotopic (exact) mass is 189 g/mol. The van der Waals surface area contributed by atoms with E-state index in [2.05, 4.69) is 11.9 Å². The SMILES string of the molecule is C=Cc1ccccc1CCC(=O)NC. The van der Waals surface area contributed by atoms with Gasteiger partial charge in [-0.3, -0.25) is 4.79 Å². The number of hydrogen-bond donors (Lipinski definition) is 1. The Kier molecular flexibility index (Phi) is 3.92. The van der Waals surface area contributed by atoms with Crippen LogP contribution in [0.25, 0.3) is 6.08 Å². The third-order valence-corrected chi connectivity index (χ3v) is 2.18. The average Bonchev–Trinajstić information content (AvgIpc) is 2.26. The van der Waals surface area contributed by atoms with Gasteiger partial charge < -0.3 is 5.32 Å². The molecule has 0 saturated carbocycles. The molecular formula is C12H15NO. The van der Waals surface area contributed by atoms with Crippen molar-refractivity contribution in [2.75, 3.05) is 7.05 Å². The first-order valence-electron chi connectivity index (χ1n) is 4.69. The topological polar surface area (TPSA) is 29.1 Å². The van der Waals surface area contributed by atoms with Crippen molar-refractivity contribution >= 4 is 12.0 Å². The van der Waals surface area contributed by atoms with Crippen LogP contribution in [-0.4, -0.2) is 13.0 Å². The summed E-state index contributed by atoms with van der Waals surface area (Å²) in [4.78, 5) is 11.0. The number of carbonyl (C=O) groups excluding carboxylic acids is 1. The summed E-state index contributed by atoms with van der Waals surface area (Å²) in [6.45, 7) is 3.74. The first kappa shape index (κ1) is 10.5. The second kappa shape index (κ2) is 5.22. The van der Waals surface area contributed by atoms with Crippen molar-refractivity contribution in [2.45, 2.75) is 12.8 Å². The van der Waals surface area contributed by atoms with Crippen LogP contribution >= 0.6 is 0 Å². The van der Waals surface area contributed by atoms with Gasteiger partial charge in [-0.05, 0) is 17.5 Å². The van der Waals surface area contributed by atoms with Crippen molar-refractivity contribution in [3.8, 4) is 0 Å². The van der Waals surface area contributed by atoms with Crippen molar-refractivity contribution in [3.63, 3.8) is 0 Å². The average molecular weight is 189 g/mol. The maximum atomic E-state index is 11.0. The molecule has 1 N–H and O–H groups in total. The van der Waals surface area contributed by atoms with E-state index in [4.69, 9.17) is 0 Å². The molecule has 0 atom stereocenters. The Balaban J connectivity index is 2.66. The molecule has 0 unspecified atom stereocenters. The summed E-state index contributed by atoms with van der Waals surface area (Å²) in [5, 5.41) is 2.61. The van der Waals surface area contributed by atoms with E-state index in [1.807, 2.05) is 30.3 Å². The number of aryl methyl sites for hydroxylation is 1. The molecule has 1 amide bonds. The minimum Gasteiger partial charge on any atom is -0.359 e. The summed E-state index contributed by atoms with van der Waals surface area (Å²) in [6, 6.07) is 7.98. The van der Waals surface area contributed by atoms with Gasteiger partial charge in [-0.25, -0.2) is 0 Å². The van der Waals surface area contributed by atoms with E-state index in [0.717, 1.165) is 12.0 Å². The van der Waals surface area contributed by atoms with Gasteiger partial charge in [0, 0.05) is 13.5 Å². The van der Waals surface area contributed by atoms with E-state index >= 15 is 0 Å². The lowest BCUT2D eigenvalue weighted by Gasteiger charge is -2.04. The van der Waals surface area contributed by atoms with Crippen LogP contribution in [0.2, 0.25) is 0 Å². The molecule has 0 bridgehead atoms. The van der Waals surface area contributed by atoms with E-state index in [9.17, 15) is 4.79 Å². The van der Waals surface area contributed by atoms with Crippen LogP contribution in [0.5, 0.6) is 0 Å². The molecule has 1 aromatic carbocycles. The van der Waals surface area contributed by atoms with Gasteiger partial charge in [0.25, 0.3) is 0 Å². The fourth-order valence-corrected chi connectivity index (χ4v) is 1.33. The lowest BCUT2D eigenvalue weighted by Crippen LogP contribution is -2.18. The van der Waals surface area contributed by atoms with Crippen LogP contribution in [0.1, 0.15) is 17.5 Å². The van der Waals surface area contributed by atoms with E-state index in [1.54, 1.807) is 7.05 Å². The van der Waals surface area contributed by atoms with Gasteiger partial charge in [-0.2, -0.15) is 0 Å². The first-order valence-corrected chi connectivity index (χ1v) is 4.69. The van der Waals surface area contributed by atoms with Crippen molar-refractivity contribution in [1.29, 1.82) is 0 Å². The van der Waals surface area contributed by atoms with Crippen LogP contribution in [0.3, 0.4) is 0 Å². The lowest BCUT2D eigenvalue weighted by molar-refractivity contribution is -0.120. The van der Waals surface area contributed by atoms with Crippen molar-refractivity contribution in [3.05, 3.63) is 42.0 Å². The Morgan fingerprint density at radius 2 is 2.21 bits per heavy atom. The largest absolute Gasteiger partial charge is 0.359 e. The maximum absolute atomic E-state index is 11.0. The number of rotatable bonds is 4. The predicted molar refractivity (Wildman–Crippen MR) is 58.9 cm³/mol. The van der Waals surface area contributed by atoms with Gasteiger partial charge in [-0.15, -0.1) is 0 Å². The van der Waals surface area contributed by atoms with Crippen molar-refractivity contribution in [2.24, 2.45) is 0 Å². The van der Waals surface area contributed by atoms with Gasteiger partial charge in [-0.1, -0.05) is 36.9 Å². The smallest absolute Gasteiger partial charge is 0.220 e. The van der Waals surface area contributed by atoms with Gasteiger partial charge in [0.2, 0.25) is 5.91 Å². The molecule has 0 spiro atoms. The molecule has 0 saturated heterocycles. The zero-order chi connectivity index (χ0) is 10.4. The third-order valence-electron chi connectivity index (χ3n) is 2.18. The van der Waals surface area contributed by atoms with Crippen molar-refractivity contribution in [1.82, 2.24) is 5.32 Å². The normalized spacial score (nSPS) is 9.50. The van der Waals surface area contributed by atoms with Crippen LogP contribution in [-0.2, 0) is 11.2 Å². The standard InChI is InChI=1S/C12H15NO/c1-3-10-6-4-5-7-11(10)8-9-12(14)13-2/h3-7H,1,8-9H2,2H3,(H,13,14). The molecule has 2 nitrogen and oxygen atoms in total. The molecule has 0 aromatic heterocycles. The molecule has 0 aliphatic rings. The molecular weight excluding hydrogens is 174 g/mol. The highest BCUT2D eigenvalue weighted by Crippen LogP contribution is 2.11. The number of benzene rings is 1. The number of carbonyl (C=O) groups is 1. The summed E-state index contributed by atoms with van der Waals surface area (Å²) in [7, 11) is 1.65. The Morgan fingerprint density at radius 1 is 1.50 bits per heavy atom. The quantitative estimate of drug-likeness (QED) is 0.771. The number of amides is 1. The zero-order valence-corrected chi connectivity index (χ0v) is 8.42. The Labute approximate surface area is 84.6 Å². The summed E-state index contributed by atoms with van der Waals surface area (Å²) in [6.07, 6.45) is 3.11. The highest BCUT2D eigenvalue weighted by atomic mass is 16.1. The molecule has 0 radical (unpaired) electrons. The van der Waals surface area contributed by atoms with Gasteiger partial charge in [0.1, 0.15) is 0 Å². The molecule has 0 heterocycles. The molecule has 1 rings (SSSR count). The van der Waals surface area contributed by atoms with Gasteiger partial charge >= 0.3 is 0 Å². The van der Waals surface area contributed by atoms with Crippen molar-refractivity contribution < 1.29 is 4.79 Å². The fraction of sp³-hybridized carbons (Fsp3) is 0.250. The molecule has 0 aliphatic heterocycles. The molecule has 0 fully saturated rings. The van der Waals surface area contributed by atoms with Crippen LogP contribution in [0.4, 0.5) is 0 Å². The molecule has 2 heteroatoms. The van der Waals surface area contributed by atoms with Crippen LogP contribution in [0, 0.1) is 0 Å². The zero-order valence-electron chi connectivity index (χ0n) is 8.42. The lowest BCUT2D eigenvalue weighted by atomic mass is 10.0. The van der Waals surface area contributed by atoms with Crippen LogP contribution < -0.4 is 5.32 Å². The summed E-state index contributed by atoms with van der Waals surface area (Å²) in [5.41, 5.74) is 2.28. The second-order valence-corrected chi connectivity index (χ2v) is 3.08. The van der Waals surface area contributed by atoms with E-state index in [1.165, 1.54) is 5.56 Å². The number of nitrogens with one attached hydrogen (secondary N) is 1. The molecule has 1 aromatic rings. The minimum absolute atomic E-state index is 0.0730. The Hall–Kier alpha value is -1.57. The van der Waals surface area contributed by atoms with E-state index < -0.39 is 0 Å². The fourth-order valence-electron chi connectivity index (χ4n) is 1.33. The molecule has 14 heavy (non-hydrogen) atoms. The second-order valence-electron chi connectivity index (χ2n) is 3.08. The van der Waals surface area contributed by atoms with Gasteiger partial charge in [0.05, 0.1) is 0 Å². The highest BCUT2D eigenvalue weighted by molar-refractivity contribution is 5.76. The Morgan fingerprint density at radius 3 is 2.86 bits per heavy atom. The molecule has 74 valence electrons. The third kappa shape index (κ3) is 2.73. The highest BCUT2D eigenvalue weighted by Gasteiger charge is 2.01. The molecule has 0 aliphatic carbocycles. The van der Waals surface area contributed by atoms with E-state index in [0.29, 0.717) is 6.42 Å². The first-order chi connectivity index (χ1) is 6.77. The Bertz CT molecular complexity index is 331.